The Bertz CT molecular complexity index is 832. The van der Waals surface area contributed by atoms with Crippen LogP contribution < -0.4 is 5.32 Å². The Morgan fingerprint density at radius 1 is 1.05 bits per heavy atom. The number of rotatable bonds is 3. The molecule has 116 valence electrons. The Kier molecular flexibility index (Phi) is 4.72. The van der Waals surface area contributed by atoms with E-state index in [1.807, 2.05) is 0 Å². The Hall–Kier alpha value is -2.06. The molecule has 0 aliphatic heterocycles. The first-order chi connectivity index (χ1) is 10.3. The zero-order valence-electron chi connectivity index (χ0n) is 10.6. The summed E-state index contributed by atoms with van der Waals surface area (Å²) in [4.78, 5) is 11.1. The van der Waals surface area contributed by atoms with Gasteiger partial charge in [0.1, 0.15) is 22.1 Å². The summed E-state index contributed by atoms with van der Waals surface area (Å²) in [5.41, 5.74) is -1.07. The predicted octanol–water partition coefficient (Wildman–Crippen LogP) is 2.98. The first-order valence-corrected chi connectivity index (χ1v) is 7.25. The summed E-state index contributed by atoms with van der Waals surface area (Å²) in [6.45, 7) is 0. The smallest absolute Gasteiger partial charge is 0.261 e. The first-order valence-electron chi connectivity index (χ1n) is 5.70. The lowest BCUT2D eigenvalue weighted by molar-refractivity contribution is 0.101. The molecule has 0 aromatic heterocycles. The molecule has 0 aliphatic rings. The monoisotopic (exact) mass is 349 g/mol. The van der Waals surface area contributed by atoms with Gasteiger partial charge in [-0.25, -0.2) is 21.6 Å². The van der Waals surface area contributed by atoms with E-state index in [-0.39, 0.29) is 10.7 Å². The molecule has 0 aliphatic carbocycles. The van der Waals surface area contributed by atoms with Gasteiger partial charge in [-0.3, -0.25) is 4.79 Å². The van der Waals surface area contributed by atoms with Crippen LogP contribution in [-0.2, 0) is 10.7 Å². The van der Waals surface area contributed by atoms with Crippen molar-refractivity contribution in [1.82, 2.24) is 0 Å². The topological polar surface area (TPSA) is 63.2 Å². The number of hydrogen-bond donors (Lipinski definition) is 2. The Morgan fingerprint density at radius 2 is 1.68 bits per heavy atom. The number of anilines is 1. The van der Waals surface area contributed by atoms with Gasteiger partial charge in [0.25, 0.3) is 5.91 Å². The summed E-state index contributed by atoms with van der Waals surface area (Å²) >= 11 is 5.52. The van der Waals surface area contributed by atoms with Crippen LogP contribution in [0, 0.1) is 17.5 Å². The van der Waals surface area contributed by atoms with E-state index in [2.05, 4.69) is 5.32 Å². The molecule has 22 heavy (non-hydrogen) atoms. The molecular formula is C13H7ClF3NO3S. The fourth-order valence-electron chi connectivity index (χ4n) is 1.66. The molecule has 0 saturated heterocycles. The molecule has 0 heterocycles. The number of thiol groups is 1. The minimum atomic E-state index is -3.33. The van der Waals surface area contributed by atoms with Crippen molar-refractivity contribution >= 4 is 33.9 Å². The van der Waals surface area contributed by atoms with E-state index in [4.69, 9.17) is 11.6 Å². The minimum absolute atomic E-state index is 0.00730. The fraction of sp³-hybridized carbons (Fsp3) is 0. The van der Waals surface area contributed by atoms with Crippen molar-refractivity contribution in [3.8, 4) is 0 Å². The van der Waals surface area contributed by atoms with Gasteiger partial charge in [0.15, 0.2) is 16.5 Å². The molecule has 4 nitrogen and oxygen atoms in total. The van der Waals surface area contributed by atoms with Crippen LogP contribution in [0.2, 0.25) is 5.02 Å². The third-order valence-electron chi connectivity index (χ3n) is 2.67. The molecule has 0 spiro atoms. The predicted molar refractivity (Wildman–Crippen MR) is 74.3 cm³/mol. The lowest BCUT2D eigenvalue weighted by Crippen LogP contribution is -2.17. The molecule has 0 saturated carbocycles. The third-order valence-corrected chi connectivity index (χ3v) is 3.70. The van der Waals surface area contributed by atoms with E-state index < -0.39 is 44.5 Å². The summed E-state index contributed by atoms with van der Waals surface area (Å²) in [6.07, 6.45) is 0. The molecule has 0 fully saturated rings. The highest BCUT2D eigenvalue weighted by Gasteiger charge is 2.22. The van der Waals surface area contributed by atoms with Crippen LogP contribution >= 0.6 is 11.6 Å². The standard InChI is InChI=1S/C13H7ClF3NO3S/c14-7-5-6(1-2-8(7)15)18-13(19)11-9(16)3-4-10(12(11)17)22(20)21/h1-5,22H,(H,18,19). The van der Waals surface area contributed by atoms with Gasteiger partial charge < -0.3 is 5.32 Å². The van der Waals surface area contributed by atoms with Crippen LogP contribution in [-0.4, -0.2) is 14.3 Å². The molecule has 2 aromatic rings. The van der Waals surface area contributed by atoms with Crippen LogP contribution in [0.15, 0.2) is 35.2 Å². The molecule has 0 bridgehead atoms. The normalized spacial score (nSPS) is 10.8. The number of hydrogen-bond acceptors (Lipinski definition) is 3. The average molecular weight is 350 g/mol. The van der Waals surface area contributed by atoms with Crippen LogP contribution in [0.5, 0.6) is 0 Å². The van der Waals surface area contributed by atoms with Crippen molar-refractivity contribution in [3.05, 3.63) is 58.4 Å². The van der Waals surface area contributed by atoms with Gasteiger partial charge in [-0.05, 0) is 30.3 Å². The minimum Gasteiger partial charge on any atom is -0.322 e. The van der Waals surface area contributed by atoms with Gasteiger partial charge in [-0.1, -0.05) is 11.6 Å². The number of halogens is 4. The average Bonchev–Trinajstić information content (AvgIpc) is 2.42. The maximum atomic E-state index is 13.9. The van der Waals surface area contributed by atoms with E-state index in [0.29, 0.717) is 12.1 Å². The maximum Gasteiger partial charge on any atom is 0.261 e. The number of amides is 1. The largest absolute Gasteiger partial charge is 0.322 e. The Morgan fingerprint density at radius 3 is 2.27 bits per heavy atom. The summed E-state index contributed by atoms with van der Waals surface area (Å²) in [5.74, 6) is -4.69. The van der Waals surface area contributed by atoms with Gasteiger partial charge in [-0.15, -0.1) is 0 Å². The summed E-state index contributed by atoms with van der Waals surface area (Å²) in [6, 6.07) is 4.50. The molecule has 2 aromatic carbocycles. The lowest BCUT2D eigenvalue weighted by atomic mass is 10.1. The second-order valence-corrected chi connectivity index (χ2v) is 5.50. The highest BCUT2D eigenvalue weighted by Crippen LogP contribution is 2.22. The van der Waals surface area contributed by atoms with Gasteiger partial charge in [-0.2, -0.15) is 0 Å². The molecule has 1 amide bonds. The first kappa shape index (κ1) is 16.3. The van der Waals surface area contributed by atoms with E-state index >= 15 is 0 Å². The van der Waals surface area contributed by atoms with Gasteiger partial charge in [0.2, 0.25) is 0 Å². The van der Waals surface area contributed by atoms with E-state index in [1.54, 1.807) is 0 Å². The van der Waals surface area contributed by atoms with Gasteiger partial charge in [0, 0.05) is 5.69 Å². The van der Waals surface area contributed by atoms with E-state index in [0.717, 1.165) is 18.2 Å². The lowest BCUT2D eigenvalue weighted by Gasteiger charge is -2.08. The van der Waals surface area contributed by atoms with Crippen LogP contribution in [0.3, 0.4) is 0 Å². The molecule has 1 N–H and O–H groups in total. The Balaban J connectivity index is 2.41. The molecular weight excluding hydrogens is 343 g/mol. The second-order valence-electron chi connectivity index (χ2n) is 4.10. The number of benzene rings is 2. The Labute approximate surface area is 129 Å². The van der Waals surface area contributed by atoms with Crippen LogP contribution in [0.1, 0.15) is 10.4 Å². The highest BCUT2D eigenvalue weighted by molar-refractivity contribution is 7.72. The van der Waals surface area contributed by atoms with Gasteiger partial charge in [0.05, 0.1) is 5.02 Å². The SMILES string of the molecule is O=C(Nc1ccc(F)c(Cl)c1)c1c(F)ccc([SH](=O)=O)c1F. The van der Waals surface area contributed by atoms with Crippen molar-refractivity contribution in [2.45, 2.75) is 4.90 Å². The molecule has 0 atom stereocenters. The van der Waals surface area contributed by atoms with Crippen LogP contribution in [0.4, 0.5) is 18.9 Å². The number of carbonyl (C=O) groups is 1. The van der Waals surface area contributed by atoms with Crippen molar-refractivity contribution in [3.63, 3.8) is 0 Å². The maximum absolute atomic E-state index is 13.9. The second kappa shape index (κ2) is 6.37. The molecule has 0 unspecified atom stereocenters. The van der Waals surface area contributed by atoms with Crippen molar-refractivity contribution in [1.29, 1.82) is 0 Å². The zero-order valence-corrected chi connectivity index (χ0v) is 12.2. The van der Waals surface area contributed by atoms with Crippen LogP contribution in [0.25, 0.3) is 0 Å². The quantitative estimate of drug-likeness (QED) is 0.837. The van der Waals surface area contributed by atoms with Crippen molar-refractivity contribution in [2.75, 3.05) is 5.32 Å². The highest BCUT2D eigenvalue weighted by atomic mass is 35.5. The van der Waals surface area contributed by atoms with Gasteiger partial charge >= 0.3 is 0 Å². The summed E-state index contributed by atoms with van der Waals surface area (Å²) in [7, 11) is -3.33. The molecule has 0 radical (unpaired) electrons. The summed E-state index contributed by atoms with van der Waals surface area (Å²) in [5, 5.41) is 1.81. The fourth-order valence-corrected chi connectivity index (χ4v) is 2.31. The number of nitrogens with one attached hydrogen (secondary N) is 1. The van der Waals surface area contributed by atoms with Crippen molar-refractivity contribution < 1.29 is 26.4 Å². The third kappa shape index (κ3) is 3.23. The summed E-state index contributed by atoms with van der Waals surface area (Å²) < 4.78 is 62.2. The number of carbonyl (C=O) groups excluding carboxylic acids is 1. The van der Waals surface area contributed by atoms with E-state index in [1.165, 1.54) is 0 Å². The zero-order chi connectivity index (χ0) is 16.4. The van der Waals surface area contributed by atoms with Crippen molar-refractivity contribution in [2.24, 2.45) is 0 Å². The molecule has 2 rings (SSSR count). The van der Waals surface area contributed by atoms with E-state index in [9.17, 15) is 26.4 Å². The molecule has 9 heteroatoms.